The third-order valence-electron chi connectivity index (χ3n) is 3.14. The molecule has 0 spiro atoms. The van der Waals surface area contributed by atoms with Crippen molar-refractivity contribution in [3.05, 3.63) is 29.8 Å². The molecule has 0 unspecified atom stereocenters. The fourth-order valence-corrected chi connectivity index (χ4v) is 2.06. The van der Waals surface area contributed by atoms with E-state index >= 15 is 0 Å². The summed E-state index contributed by atoms with van der Waals surface area (Å²) in [6.45, 7) is 2.54. The van der Waals surface area contributed by atoms with Crippen LogP contribution in [0.3, 0.4) is 0 Å². The first-order valence-corrected chi connectivity index (χ1v) is 5.75. The van der Waals surface area contributed by atoms with Crippen LogP contribution in [0.2, 0.25) is 0 Å². The normalized spacial score (nSPS) is 23.6. The summed E-state index contributed by atoms with van der Waals surface area (Å²) < 4.78 is 0. The summed E-state index contributed by atoms with van der Waals surface area (Å²) >= 11 is 0. The van der Waals surface area contributed by atoms with Crippen LogP contribution >= 0.6 is 0 Å². The molecule has 0 saturated heterocycles. The number of anilines is 1. The number of carbonyl (C=O) groups is 1. The Morgan fingerprint density at radius 2 is 2.25 bits per heavy atom. The smallest absolute Gasteiger partial charge is 0.159 e. The van der Waals surface area contributed by atoms with Crippen molar-refractivity contribution in [1.82, 2.24) is 0 Å². The van der Waals surface area contributed by atoms with Gasteiger partial charge in [-0.15, -0.1) is 0 Å². The number of nitrogens with one attached hydrogen (secondary N) is 1. The lowest BCUT2D eigenvalue weighted by atomic mass is 9.81. The van der Waals surface area contributed by atoms with Gasteiger partial charge >= 0.3 is 0 Å². The Balaban J connectivity index is 1.89. The van der Waals surface area contributed by atoms with E-state index in [1.165, 1.54) is 0 Å². The van der Waals surface area contributed by atoms with Gasteiger partial charge in [-0.2, -0.15) is 0 Å². The number of nitrogens with two attached hydrogens (primary N) is 1. The number of carbonyl (C=O) groups excluding carboxylic acids is 1. The summed E-state index contributed by atoms with van der Waals surface area (Å²) in [5.41, 5.74) is 7.51. The van der Waals surface area contributed by atoms with Gasteiger partial charge < -0.3 is 11.1 Å². The summed E-state index contributed by atoms with van der Waals surface area (Å²) in [6.07, 6.45) is 2.22. The molecule has 1 saturated carbocycles. The van der Waals surface area contributed by atoms with E-state index in [9.17, 15) is 4.79 Å². The Kier molecular flexibility index (Phi) is 3.25. The molecule has 0 bridgehead atoms. The molecule has 0 aromatic heterocycles. The Labute approximate surface area is 96.0 Å². The van der Waals surface area contributed by atoms with Gasteiger partial charge in [0.15, 0.2) is 5.78 Å². The van der Waals surface area contributed by atoms with Crippen LogP contribution < -0.4 is 11.1 Å². The summed E-state index contributed by atoms with van der Waals surface area (Å²) in [4.78, 5) is 11.2. The van der Waals surface area contributed by atoms with Gasteiger partial charge in [0.25, 0.3) is 0 Å². The molecule has 1 fully saturated rings. The Morgan fingerprint density at radius 1 is 1.50 bits per heavy atom. The molecule has 1 aromatic carbocycles. The van der Waals surface area contributed by atoms with E-state index < -0.39 is 0 Å². The van der Waals surface area contributed by atoms with Crippen molar-refractivity contribution in [2.45, 2.75) is 25.8 Å². The maximum absolute atomic E-state index is 11.2. The van der Waals surface area contributed by atoms with Crippen LogP contribution in [-0.2, 0) is 0 Å². The van der Waals surface area contributed by atoms with E-state index in [2.05, 4.69) is 5.32 Å². The second-order valence-corrected chi connectivity index (χ2v) is 4.62. The molecule has 1 aromatic rings. The number of hydrogen-bond donors (Lipinski definition) is 2. The highest BCUT2D eigenvalue weighted by atomic mass is 16.1. The Hall–Kier alpha value is -1.35. The molecule has 0 aliphatic heterocycles. The van der Waals surface area contributed by atoms with Crippen LogP contribution in [0.5, 0.6) is 0 Å². The van der Waals surface area contributed by atoms with Gasteiger partial charge in [0.1, 0.15) is 0 Å². The summed E-state index contributed by atoms with van der Waals surface area (Å²) in [5.74, 6) is 0.797. The third kappa shape index (κ3) is 2.61. The first-order valence-electron chi connectivity index (χ1n) is 5.75. The van der Waals surface area contributed by atoms with Gasteiger partial charge in [-0.1, -0.05) is 12.1 Å². The molecular weight excluding hydrogens is 200 g/mol. The predicted molar refractivity (Wildman–Crippen MR) is 65.6 cm³/mol. The second kappa shape index (κ2) is 4.66. The molecule has 0 heterocycles. The molecule has 2 rings (SSSR count). The zero-order valence-corrected chi connectivity index (χ0v) is 9.57. The minimum absolute atomic E-state index is 0.106. The van der Waals surface area contributed by atoms with E-state index in [4.69, 9.17) is 5.73 Å². The third-order valence-corrected chi connectivity index (χ3v) is 3.14. The number of hydrogen-bond acceptors (Lipinski definition) is 3. The van der Waals surface area contributed by atoms with E-state index in [0.717, 1.165) is 30.6 Å². The van der Waals surface area contributed by atoms with Crippen molar-refractivity contribution >= 4 is 11.5 Å². The highest BCUT2D eigenvalue weighted by Crippen LogP contribution is 2.25. The second-order valence-electron chi connectivity index (χ2n) is 4.62. The molecule has 0 radical (unpaired) electrons. The molecule has 3 N–H and O–H groups in total. The maximum atomic E-state index is 11.2. The number of Topliss-reactive ketones (excluding diaryl/α,β-unsaturated/α-hetero) is 1. The molecule has 3 nitrogen and oxygen atoms in total. The molecule has 16 heavy (non-hydrogen) atoms. The lowest BCUT2D eigenvalue weighted by molar-refractivity contribution is 0.101. The first kappa shape index (κ1) is 11.1. The highest BCUT2D eigenvalue weighted by Gasteiger charge is 2.25. The van der Waals surface area contributed by atoms with Crippen molar-refractivity contribution in [3.63, 3.8) is 0 Å². The number of rotatable bonds is 4. The maximum Gasteiger partial charge on any atom is 0.159 e. The van der Waals surface area contributed by atoms with Gasteiger partial charge in [0.2, 0.25) is 0 Å². The van der Waals surface area contributed by atoms with E-state index in [1.54, 1.807) is 6.92 Å². The van der Waals surface area contributed by atoms with Crippen molar-refractivity contribution < 1.29 is 4.79 Å². The van der Waals surface area contributed by atoms with Crippen LogP contribution in [0.1, 0.15) is 30.1 Å². The zero-order valence-electron chi connectivity index (χ0n) is 9.57. The van der Waals surface area contributed by atoms with Crippen molar-refractivity contribution in [3.8, 4) is 0 Å². The summed E-state index contributed by atoms with van der Waals surface area (Å²) in [7, 11) is 0. The van der Waals surface area contributed by atoms with Gasteiger partial charge in [-0.3, -0.25) is 4.79 Å². The summed E-state index contributed by atoms with van der Waals surface area (Å²) in [6, 6.07) is 8.04. The SMILES string of the molecule is CC(=O)c1cccc(NCC2CC(N)C2)c1. The zero-order chi connectivity index (χ0) is 11.5. The lowest BCUT2D eigenvalue weighted by Crippen LogP contribution is -2.39. The van der Waals surface area contributed by atoms with Crippen LogP contribution in [0.4, 0.5) is 5.69 Å². The minimum Gasteiger partial charge on any atom is -0.385 e. The molecule has 0 atom stereocenters. The Morgan fingerprint density at radius 3 is 2.88 bits per heavy atom. The van der Waals surface area contributed by atoms with Crippen LogP contribution in [0.25, 0.3) is 0 Å². The fraction of sp³-hybridized carbons (Fsp3) is 0.462. The first-order chi connectivity index (χ1) is 7.65. The van der Waals surface area contributed by atoms with E-state index in [1.807, 2.05) is 24.3 Å². The molecule has 3 heteroatoms. The largest absolute Gasteiger partial charge is 0.385 e. The molecule has 1 aliphatic rings. The average Bonchev–Trinajstić information content (AvgIpc) is 2.23. The minimum atomic E-state index is 0.106. The standard InChI is InChI=1S/C13H18N2O/c1-9(16)11-3-2-4-13(7-11)15-8-10-5-12(14)6-10/h2-4,7,10,12,15H,5-6,8,14H2,1H3. The van der Waals surface area contributed by atoms with Crippen molar-refractivity contribution in [2.24, 2.45) is 11.7 Å². The molecular formula is C13H18N2O. The van der Waals surface area contributed by atoms with E-state index in [0.29, 0.717) is 12.0 Å². The average molecular weight is 218 g/mol. The molecule has 1 aliphatic carbocycles. The van der Waals surface area contributed by atoms with Gasteiger partial charge in [-0.25, -0.2) is 0 Å². The fourth-order valence-electron chi connectivity index (χ4n) is 2.06. The van der Waals surface area contributed by atoms with Gasteiger partial charge in [0.05, 0.1) is 0 Å². The quantitative estimate of drug-likeness (QED) is 0.760. The monoisotopic (exact) mass is 218 g/mol. The predicted octanol–water partition coefficient (Wildman–Crippen LogP) is 2.04. The van der Waals surface area contributed by atoms with Crippen molar-refractivity contribution in [2.75, 3.05) is 11.9 Å². The van der Waals surface area contributed by atoms with Crippen molar-refractivity contribution in [1.29, 1.82) is 0 Å². The number of benzene rings is 1. The Bertz CT molecular complexity index is 383. The van der Waals surface area contributed by atoms with Crippen LogP contribution in [-0.4, -0.2) is 18.4 Å². The van der Waals surface area contributed by atoms with Gasteiger partial charge in [-0.05, 0) is 37.8 Å². The molecule has 0 amide bonds. The van der Waals surface area contributed by atoms with Crippen LogP contribution in [0.15, 0.2) is 24.3 Å². The number of ketones is 1. The molecule has 86 valence electrons. The van der Waals surface area contributed by atoms with Crippen LogP contribution in [0, 0.1) is 5.92 Å². The van der Waals surface area contributed by atoms with Gasteiger partial charge in [0, 0.05) is 23.8 Å². The summed E-state index contributed by atoms with van der Waals surface area (Å²) in [5, 5.41) is 3.35. The lowest BCUT2D eigenvalue weighted by Gasteiger charge is -2.32. The topological polar surface area (TPSA) is 55.1 Å². The van der Waals surface area contributed by atoms with E-state index in [-0.39, 0.29) is 5.78 Å². The highest BCUT2D eigenvalue weighted by molar-refractivity contribution is 5.94.